The van der Waals surface area contributed by atoms with E-state index in [4.69, 9.17) is 0 Å². The van der Waals surface area contributed by atoms with Crippen molar-refractivity contribution in [2.45, 2.75) is 18.0 Å². The lowest BCUT2D eigenvalue weighted by molar-refractivity contribution is 0.233. The molecule has 1 heterocycles. The number of sulfonamides is 1. The Kier molecular flexibility index (Phi) is 5.63. The molecule has 6 heteroatoms. The quantitative estimate of drug-likeness (QED) is 0.834. The van der Waals surface area contributed by atoms with Crippen molar-refractivity contribution >= 4 is 10.0 Å². The molecule has 2 N–H and O–H groups in total. The van der Waals surface area contributed by atoms with Crippen LogP contribution >= 0.6 is 0 Å². The second kappa shape index (κ2) is 7.90. The monoisotopic (exact) mass is 345 g/mol. The number of piperazine rings is 1. The van der Waals surface area contributed by atoms with Crippen molar-refractivity contribution in [1.82, 2.24) is 14.9 Å². The summed E-state index contributed by atoms with van der Waals surface area (Å²) in [6.45, 7) is 5.23. The van der Waals surface area contributed by atoms with Crippen LogP contribution in [0.4, 0.5) is 0 Å². The third-order valence-corrected chi connectivity index (χ3v) is 5.58. The van der Waals surface area contributed by atoms with Crippen molar-refractivity contribution in [1.29, 1.82) is 0 Å². The largest absolute Gasteiger partial charge is 0.314 e. The van der Waals surface area contributed by atoms with Gasteiger partial charge in [-0.05, 0) is 23.3 Å². The summed E-state index contributed by atoms with van der Waals surface area (Å²) in [5, 5.41) is 3.33. The van der Waals surface area contributed by atoms with Crippen molar-refractivity contribution in [3.63, 3.8) is 0 Å². The van der Waals surface area contributed by atoms with E-state index in [0.717, 1.165) is 43.9 Å². The number of benzene rings is 2. The molecule has 0 bridgehead atoms. The molecule has 24 heavy (non-hydrogen) atoms. The van der Waals surface area contributed by atoms with E-state index < -0.39 is 10.0 Å². The fourth-order valence-corrected chi connectivity index (χ4v) is 3.78. The highest BCUT2D eigenvalue weighted by Gasteiger charge is 2.14. The van der Waals surface area contributed by atoms with Gasteiger partial charge in [0, 0.05) is 39.3 Å². The number of hydrogen-bond donors (Lipinski definition) is 2. The van der Waals surface area contributed by atoms with E-state index in [1.807, 2.05) is 42.5 Å². The molecule has 0 atom stereocenters. The van der Waals surface area contributed by atoms with E-state index in [2.05, 4.69) is 14.9 Å². The topological polar surface area (TPSA) is 61.4 Å². The van der Waals surface area contributed by atoms with Gasteiger partial charge in [0.2, 0.25) is 10.0 Å². The van der Waals surface area contributed by atoms with Crippen LogP contribution in [0.25, 0.3) is 0 Å². The molecule has 0 saturated carbocycles. The Balaban J connectivity index is 1.61. The fraction of sp³-hybridized carbons (Fsp3) is 0.333. The normalized spacial score (nSPS) is 16.2. The van der Waals surface area contributed by atoms with Gasteiger partial charge in [-0.3, -0.25) is 4.90 Å². The Bertz CT molecular complexity index is 740. The van der Waals surface area contributed by atoms with Gasteiger partial charge in [-0.1, -0.05) is 42.5 Å². The van der Waals surface area contributed by atoms with Gasteiger partial charge in [0.05, 0.1) is 4.90 Å². The van der Waals surface area contributed by atoms with Crippen LogP contribution in [-0.2, 0) is 23.1 Å². The van der Waals surface area contributed by atoms with Crippen LogP contribution in [0.2, 0.25) is 0 Å². The van der Waals surface area contributed by atoms with Crippen LogP contribution in [0.1, 0.15) is 11.1 Å². The van der Waals surface area contributed by atoms with E-state index >= 15 is 0 Å². The predicted octanol–water partition coefficient (Wildman–Crippen LogP) is 1.57. The van der Waals surface area contributed by atoms with E-state index in [9.17, 15) is 8.42 Å². The first-order valence-electron chi connectivity index (χ1n) is 8.19. The van der Waals surface area contributed by atoms with Gasteiger partial charge in [-0.25, -0.2) is 13.1 Å². The average Bonchev–Trinajstić information content (AvgIpc) is 2.62. The Morgan fingerprint density at radius 2 is 1.58 bits per heavy atom. The highest BCUT2D eigenvalue weighted by molar-refractivity contribution is 7.89. The molecule has 128 valence electrons. The lowest BCUT2D eigenvalue weighted by atomic mass is 10.2. The van der Waals surface area contributed by atoms with Crippen LogP contribution in [-0.4, -0.2) is 39.5 Å². The summed E-state index contributed by atoms with van der Waals surface area (Å²) in [6.07, 6.45) is 0. The van der Waals surface area contributed by atoms with Crippen LogP contribution in [0, 0.1) is 0 Å². The number of hydrogen-bond acceptors (Lipinski definition) is 4. The van der Waals surface area contributed by atoms with E-state index in [1.54, 1.807) is 12.1 Å². The third-order valence-electron chi connectivity index (χ3n) is 4.16. The van der Waals surface area contributed by atoms with Gasteiger partial charge in [0.15, 0.2) is 0 Å². The Morgan fingerprint density at radius 1 is 0.917 bits per heavy atom. The van der Waals surface area contributed by atoms with Gasteiger partial charge in [0.25, 0.3) is 0 Å². The molecule has 1 aliphatic rings. The molecular formula is C18H23N3O2S. The maximum absolute atomic E-state index is 12.4. The van der Waals surface area contributed by atoms with E-state index in [1.165, 1.54) is 0 Å². The smallest absolute Gasteiger partial charge is 0.240 e. The summed E-state index contributed by atoms with van der Waals surface area (Å²) < 4.78 is 27.4. The minimum atomic E-state index is -3.48. The summed E-state index contributed by atoms with van der Waals surface area (Å²) in [5.74, 6) is 0. The second-order valence-electron chi connectivity index (χ2n) is 5.98. The van der Waals surface area contributed by atoms with Gasteiger partial charge in [0.1, 0.15) is 0 Å². The molecule has 5 nitrogen and oxygen atoms in total. The summed E-state index contributed by atoms with van der Waals surface area (Å²) in [5.41, 5.74) is 2.08. The molecule has 0 aromatic heterocycles. The molecule has 0 amide bonds. The Labute approximate surface area is 143 Å². The fourth-order valence-electron chi connectivity index (χ4n) is 2.76. The number of nitrogens with one attached hydrogen (secondary N) is 2. The molecule has 0 spiro atoms. The number of rotatable bonds is 6. The Hall–Kier alpha value is -1.73. The van der Waals surface area contributed by atoms with Gasteiger partial charge in [-0.2, -0.15) is 0 Å². The minimum Gasteiger partial charge on any atom is -0.314 e. The maximum atomic E-state index is 12.4. The summed E-state index contributed by atoms with van der Waals surface area (Å²) in [7, 11) is -3.48. The summed E-state index contributed by atoms with van der Waals surface area (Å²) in [4.78, 5) is 2.68. The van der Waals surface area contributed by atoms with Crippen LogP contribution < -0.4 is 10.0 Å². The molecule has 3 rings (SSSR count). The molecule has 0 aliphatic carbocycles. The van der Waals surface area contributed by atoms with Crippen molar-refractivity contribution in [3.8, 4) is 0 Å². The predicted molar refractivity (Wildman–Crippen MR) is 95.1 cm³/mol. The lowest BCUT2D eigenvalue weighted by Gasteiger charge is -2.27. The molecule has 1 aliphatic heterocycles. The van der Waals surface area contributed by atoms with Crippen molar-refractivity contribution in [3.05, 3.63) is 65.7 Å². The molecule has 0 radical (unpaired) electrons. The molecule has 0 unspecified atom stereocenters. The zero-order valence-electron chi connectivity index (χ0n) is 13.6. The first-order chi connectivity index (χ1) is 11.6. The van der Waals surface area contributed by atoms with Crippen LogP contribution in [0.3, 0.4) is 0 Å². The van der Waals surface area contributed by atoms with Crippen molar-refractivity contribution in [2.24, 2.45) is 0 Å². The molecule has 1 fully saturated rings. The highest BCUT2D eigenvalue weighted by atomic mass is 32.2. The standard InChI is InChI=1S/C18H23N3O2S/c22-24(23,20-14-16-4-2-1-3-5-16)18-8-6-17(7-9-18)15-21-12-10-19-11-13-21/h1-9,19-20H,10-15H2. The maximum Gasteiger partial charge on any atom is 0.240 e. The lowest BCUT2D eigenvalue weighted by Crippen LogP contribution is -2.42. The molecule has 2 aromatic rings. The first-order valence-corrected chi connectivity index (χ1v) is 9.67. The minimum absolute atomic E-state index is 0.297. The van der Waals surface area contributed by atoms with Gasteiger partial charge in [-0.15, -0.1) is 0 Å². The average molecular weight is 345 g/mol. The second-order valence-corrected chi connectivity index (χ2v) is 7.75. The SMILES string of the molecule is O=S(=O)(NCc1ccccc1)c1ccc(CN2CCNCC2)cc1. The van der Waals surface area contributed by atoms with E-state index in [0.29, 0.717) is 11.4 Å². The van der Waals surface area contributed by atoms with Gasteiger partial charge >= 0.3 is 0 Å². The summed E-state index contributed by atoms with van der Waals surface area (Å²) >= 11 is 0. The first kappa shape index (κ1) is 17.1. The summed E-state index contributed by atoms with van der Waals surface area (Å²) in [6, 6.07) is 16.7. The van der Waals surface area contributed by atoms with Crippen LogP contribution in [0.5, 0.6) is 0 Å². The highest BCUT2D eigenvalue weighted by Crippen LogP contribution is 2.13. The van der Waals surface area contributed by atoms with Gasteiger partial charge < -0.3 is 5.32 Å². The number of nitrogens with zero attached hydrogens (tertiary/aromatic N) is 1. The molecule has 2 aromatic carbocycles. The van der Waals surface area contributed by atoms with Crippen LogP contribution in [0.15, 0.2) is 59.5 Å². The van der Waals surface area contributed by atoms with Crippen molar-refractivity contribution < 1.29 is 8.42 Å². The van der Waals surface area contributed by atoms with Crippen molar-refractivity contribution in [2.75, 3.05) is 26.2 Å². The van der Waals surface area contributed by atoms with E-state index in [-0.39, 0.29) is 0 Å². The Morgan fingerprint density at radius 3 is 2.25 bits per heavy atom. The zero-order chi connectivity index (χ0) is 16.8. The molecular weight excluding hydrogens is 322 g/mol. The zero-order valence-corrected chi connectivity index (χ0v) is 14.4. The molecule has 1 saturated heterocycles. The third kappa shape index (κ3) is 4.64.